The van der Waals surface area contributed by atoms with Gasteiger partial charge in [0.05, 0.1) is 7.11 Å². The van der Waals surface area contributed by atoms with Gasteiger partial charge < -0.3 is 15.0 Å². The van der Waals surface area contributed by atoms with Gasteiger partial charge in [0.2, 0.25) is 0 Å². The lowest BCUT2D eigenvalue weighted by Gasteiger charge is -2.31. The fourth-order valence-electron chi connectivity index (χ4n) is 2.75. The summed E-state index contributed by atoms with van der Waals surface area (Å²) in [4.78, 5) is 2.41. The van der Waals surface area contributed by atoms with Gasteiger partial charge in [-0.15, -0.1) is 0 Å². The molecule has 1 aromatic rings. The fourth-order valence-corrected chi connectivity index (χ4v) is 2.75. The van der Waals surface area contributed by atoms with Crippen molar-refractivity contribution in [3.8, 4) is 5.75 Å². The standard InChI is InChI=1S/C15H24N2O/c1-11-5-13(6-12(2)15(11)18-4)9-17(3)10-14-7-16-8-14/h5-6,14,16H,7-10H2,1-4H3. The van der Waals surface area contributed by atoms with Crippen LogP contribution in [0.5, 0.6) is 5.75 Å². The van der Waals surface area contributed by atoms with Crippen LogP contribution >= 0.6 is 0 Å². The number of hydrogen-bond acceptors (Lipinski definition) is 3. The van der Waals surface area contributed by atoms with Gasteiger partial charge in [-0.2, -0.15) is 0 Å². The van der Waals surface area contributed by atoms with Crippen LogP contribution in [-0.4, -0.2) is 38.7 Å². The topological polar surface area (TPSA) is 24.5 Å². The van der Waals surface area contributed by atoms with E-state index in [0.717, 1.165) is 18.2 Å². The smallest absolute Gasteiger partial charge is 0.124 e. The summed E-state index contributed by atoms with van der Waals surface area (Å²) in [6.07, 6.45) is 0. The number of benzene rings is 1. The molecule has 0 unspecified atom stereocenters. The Bertz CT molecular complexity index is 390. The number of rotatable bonds is 5. The van der Waals surface area contributed by atoms with Gasteiger partial charge in [0.15, 0.2) is 0 Å². The van der Waals surface area contributed by atoms with Crippen molar-refractivity contribution in [2.45, 2.75) is 20.4 Å². The molecule has 0 aliphatic carbocycles. The van der Waals surface area contributed by atoms with Crippen molar-refractivity contribution in [3.05, 3.63) is 28.8 Å². The minimum atomic E-state index is 0.829. The highest BCUT2D eigenvalue weighted by Gasteiger charge is 2.18. The number of ether oxygens (including phenoxy) is 1. The predicted octanol–water partition coefficient (Wildman–Crippen LogP) is 1.96. The van der Waals surface area contributed by atoms with Crippen molar-refractivity contribution < 1.29 is 4.74 Å². The molecule has 3 nitrogen and oxygen atoms in total. The van der Waals surface area contributed by atoms with Crippen LogP contribution in [0.4, 0.5) is 0 Å². The zero-order chi connectivity index (χ0) is 13.1. The second kappa shape index (κ2) is 5.72. The normalized spacial score (nSPS) is 15.8. The highest BCUT2D eigenvalue weighted by atomic mass is 16.5. The predicted molar refractivity (Wildman–Crippen MR) is 75.2 cm³/mol. The SMILES string of the molecule is COc1c(C)cc(CN(C)CC2CNC2)cc1C. The van der Waals surface area contributed by atoms with Crippen molar-refractivity contribution in [2.24, 2.45) is 5.92 Å². The van der Waals surface area contributed by atoms with Crippen molar-refractivity contribution >= 4 is 0 Å². The molecule has 0 saturated carbocycles. The lowest BCUT2D eigenvalue weighted by Crippen LogP contribution is -2.47. The molecule has 2 rings (SSSR count). The molecule has 1 heterocycles. The molecule has 1 aromatic carbocycles. The molecule has 0 bridgehead atoms. The quantitative estimate of drug-likeness (QED) is 0.862. The van der Waals surface area contributed by atoms with Gasteiger partial charge >= 0.3 is 0 Å². The van der Waals surface area contributed by atoms with Gasteiger partial charge in [-0.3, -0.25) is 0 Å². The van der Waals surface area contributed by atoms with Crippen LogP contribution in [0.1, 0.15) is 16.7 Å². The monoisotopic (exact) mass is 248 g/mol. The molecule has 100 valence electrons. The summed E-state index contributed by atoms with van der Waals surface area (Å²) in [5.74, 6) is 1.85. The van der Waals surface area contributed by atoms with Crippen molar-refractivity contribution in [3.63, 3.8) is 0 Å². The van der Waals surface area contributed by atoms with Gasteiger partial charge in [-0.25, -0.2) is 0 Å². The van der Waals surface area contributed by atoms with E-state index in [-0.39, 0.29) is 0 Å². The van der Waals surface area contributed by atoms with E-state index in [1.54, 1.807) is 7.11 Å². The van der Waals surface area contributed by atoms with Crippen LogP contribution in [0.3, 0.4) is 0 Å². The Kier molecular flexibility index (Phi) is 4.25. The van der Waals surface area contributed by atoms with Gasteiger partial charge in [0, 0.05) is 26.2 Å². The van der Waals surface area contributed by atoms with E-state index in [0.29, 0.717) is 0 Å². The molecule has 1 aliphatic rings. The second-order valence-corrected chi connectivity index (χ2v) is 5.48. The Morgan fingerprint density at radius 2 is 1.89 bits per heavy atom. The van der Waals surface area contributed by atoms with E-state index in [2.05, 4.69) is 43.2 Å². The van der Waals surface area contributed by atoms with E-state index < -0.39 is 0 Å². The van der Waals surface area contributed by atoms with Crippen LogP contribution < -0.4 is 10.1 Å². The molecule has 0 radical (unpaired) electrons. The number of nitrogens with one attached hydrogen (secondary N) is 1. The van der Waals surface area contributed by atoms with E-state index in [9.17, 15) is 0 Å². The first kappa shape index (κ1) is 13.4. The fraction of sp³-hybridized carbons (Fsp3) is 0.600. The molecular formula is C15H24N2O. The molecule has 3 heteroatoms. The molecule has 18 heavy (non-hydrogen) atoms. The van der Waals surface area contributed by atoms with Crippen LogP contribution in [0.25, 0.3) is 0 Å². The van der Waals surface area contributed by atoms with Crippen LogP contribution in [0, 0.1) is 19.8 Å². The third-order valence-corrected chi connectivity index (χ3v) is 3.61. The van der Waals surface area contributed by atoms with Gasteiger partial charge in [0.1, 0.15) is 5.75 Å². The maximum absolute atomic E-state index is 5.40. The number of nitrogens with zero attached hydrogens (tertiary/aromatic N) is 1. The zero-order valence-electron chi connectivity index (χ0n) is 11.9. The molecule has 0 spiro atoms. The number of aryl methyl sites for hydroxylation is 2. The molecule has 1 saturated heterocycles. The first-order valence-corrected chi connectivity index (χ1v) is 6.63. The number of hydrogen-bond donors (Lipinski definition) is 1. The van der Waals surface area contributed by atoms with Crippen molar-refractivity contribution in [2.75, 3.05) is 33.8 Å². The Morgan fingerprint density at radius 1 is 1.28 bits per heavy atom. The molecule has 1 aliphatic heterocycles. The lowest BCUT2D eigenvalue weighted by molar-refractivity contribution is 0.218. The minimum absolute atomic E-state index is 0.829. The van der Waals surface area contributed by atoms with Crippen LogP contribution in [0.2, 0.25) is 0 Å². The minimum Gasteiger partial charge on any atom is -0.496 e. The largest absolute Gasteiger partial charge is 0.496 e. The summed E-state index contributed by atoms with van der Waals surface area (Å²) in [5, 5.41) is 3.32. The highest BCUT2D eigenvalue weighted by Crippen LogP contribution is 2.24. The third-order valence-electron chi connectivity index (χ3n) is 3.61. The molecule has 0 aromatic heterocycles. The Hall–Kier alpha value is -1.06. The molecule has 1 fully saturated rings. The average Bonchev–Trinajstić information content (AvgIpc) is 2.23. The molecule has 0 atom stereocenters. The second-order valence-electron chi connectivity index (χ2n) is 5.48. The Balaban J connectivity index is 2.00. The summed E-state index contributed by atoms with van der Waals surface area (Å²) in [5.41, 5.74) is 3.83. The lowest BCUT2D eigenvalue weighted by atomic mass is 10.0. The summed E-state index contributed by atoms with van der Waals surface area (Å²) >= 11 is 0. The van der Waals surface area contributed by atoms with Gasteiger partial charge in [-0.05, 0) is 43.5 Å². The molecule has 1 N–H and O–H groups in total. The van der Waals surface area contributed by atoms with E-state index in [4.69, 9.17) is 4.74 Å². The van der Waals surface area contributed by atoms with Crippen molar-refractivity contribution in [1.29, 1.82) is 0 Å². The van der Waals surface area contributed by atoms with Crippen LogP contribution in [0.15, 0.2) is 12.1 Å². The summed E-state index contributed by atoms with van der Waals surface area (Å²) in [7, 11) is 3.94. The zero-order valence-corrected chi connectivity index (χ0v) is 11.9. The Morgan fingerprint density at radius 3 is 2.33 bits per heavy atom. The van der Waals surface area contributed by atoms with Crippen molar-refractivity contribution in [1.82, 2.24) is 10.2 Å². The highest BCUT2D eigenvalue weighted by molar-refractivity contribution is 5.43. The number of methoxy groups -OCH3 is 1. The summed E-state index contributed by atoms with van der Waals surface area (Å²) in [6.45, 7) is 8.77. The summed E-state index contributed by atoms with van der Waals surface area (Å²) in [6, 6.07) is 4.47. The molecule has 0 amide bonds. The van der Waals surface area contributed by atoms with Gasteiger partial charge in [0.25, 0.3) is 0 Å². The Labute approximate surface area is 110 Å². The molecular weight excluding hydrogens is 224 g/mol. The van der Waals surface area contributed by atoms with E-state index in [1.807, 2.05) is 0 Å². The summed E-state index contributed by atoms with van der Waals surface area (Å²) < 4.78 is 5.40. The van der Waals surface area contributed by atoms with E-state index in [1.165, 1.54) is 36.3 Å². The third kappa shape index (κ3) is 3.03. The van der Waals surface area contributed by atoms with Gasteiger partial charge in [-0.1, -0.05) is 12.1 Å². The first-order valence-electron chi connectivity index (χ1n) is 6.63. The maximum atomic E-state index is 5.40. The van der Waals surface area contributed by atoms with Crippen LogP contribution in [-0.2, 0) is 6.54 Å². The van der Waals surface area contributed by atoms with E-state index >= 15 is 0 Å². The average molecular weight is 248 g/mol. The first-order chi connectivity index (χ1) is 8.60. The maximum Gasteiger partial charge on any atom is 0.124 e.